The number of ether oxygens (including phenoxy) is 1. The third kappa shape index (κ3) is 4.70. The monoisotopic (exact) mass is 722 g/mol. The third-order valence-corrected chi connectivity index (χ3v) is 11.5. The Morgan fingerprint density at radius 3 is 2.40 bits per heavy atom. The van der Waals surface area contributed by atoms with E-state index in [9.17, 15) is 27.6 Å². The van der Waals surface area contributed by atoms with Crippen LogP contribution in [0.4, 0.5) is 23.7 Å². The van der Waals surface area contributed by atoms with E-state index in [1.165, 1.54) is 11.3 Å². The molecule has 50 heavy (non-hydrogen) atoms. The Balaban J connectivity index is 1.18. The van der Waals surface area contributed by atoms with Crippen LogP contribution in [0.15, 0.2) is 106 Å². The van der Waals surface area contributed by atoms with Gasteiger partial charge in [-0.15, -0.1) is 22.7 Å². The topological polar surface area (TPSA) is 104 Å². The lowest BCUT2D eigenvalue weighted by molar-refractivity contribution is -0.137. The molecule has 9 rings (SSSR count). The minimum absolute atomic E-state index is 0.0291. The summed E-state index contributed by atoms with van der Waals surface area (Å²) in [5, 5.41) is 0.382. The normalized spacial score (nSPS) is 12.7. The predicted molar refractivity (Wildman–Crippen MR) is 190 cm³/mol. The van der Waals surface area contributed by atoms with Crippen LogP contribution in [0.25, 0.3) is 62.8 Å². The van der Waals surface area contributed by atoms with Gasteiger partial charge in [-0.25, -0.2) is 14.4 Å². The molecule has 0 aliphatic rings. The Hall–Kier alpha value is -5.57. The lowest BCUT2D eigenvalue weighted by Gasteiger charge is -2.08. The largest absolute Gasteiger partial charge is 0.444 e. The number of hydrogen-bond acceptors (Lipinski definition) is 10. The van der Waals surface area contributed by atoms with Crippen molar-refractivity contribution in [2.24, 2.45) is 4.99 Å². The highest BCUT2D eigenvalue weighted by atomic mass is 32.1. The Bertz CT molecular complexity index is 3000. The number of halogens is 3. The molecule has 0 radical (unpaired) electrons. The number of rotatable bonds is 4. The number of alkyl halides is 3. The average Bonchev–Trinajstić information content (AvgIpc) is 3.93. The second-order valence-electron chi connectivity index (χ2n) is 11.4. The number of benzene rings is 4. The molecule has 244 valence electrons. The Kier molecular flexibility index (Phi) is 6.85. The van der Waals surface area contributed by atoms with Crippen molar-refractivity contribution in [2.75, 3.05) is 0 Å². The minimum Gasteiger partial charge on any atom is -0.444 e. The van der Waals surface area contributed by atoms with Crippen molar-refractivity contribution in [1.82, 2.24) is 13.3 Å². The molecule has 5 aromatic carbocycles. The number of nitrogens with zero attached hydrogens (tertiary/aromatic N) is 4. The Labute approximate surface area is 289 Å². The van der Waals surface area contributed by atoms with E-state index in [2.05, 4.69) is 13.7 Å². The number of carbonyl (C=O) groups is 1. The van der Waals surface area contributed by atoms with Gasteiger partial charge in [0, 0.05) is 31.3 Å². The summed E-state index contributed by atoms with van der Waals surface area (Å²) in [6, 6.07) is 25.2. The first-order valence-corrected chi connectivity index (χ1v) is 17.3. The maximum atomic E-state index is 13.8. The van der Waals surface area contributed by atoms with Gasteiger partial charge < -0.3 is 4.74 Å². The van der Waals surface area contributed by atoms with E-state index < -0.39 is 28.7 Å². The highest BCUT2D eigenvalue weighted by molar-refractivity contribution is 7.32. The summed E-state index contributed by atoms with van der Waals surface area (Å²) in [6.45, 7) is 0.108. The molecule has 14 heteroatoms. The number of carbonyl (C=O) groups excluding carboxylic acids is 1. The molecule has 9 aromatic rings. The number of hydrogen-bond donors (Lipinski definition) is 0. The molecule has 0 unspecified atom stereocenters. The summed E-state index contributed by atoms with van der Waals surface area (Å²) in [4.78, 5) is 44.6. The summed E-state index contributed by atoms with van der Waals surface area (Å²) in [7, 11) is 0. The van der Waals surface area contributed by atoms with Gasteiger partial charge in [-0.05, 0) is 42.0 Å². The first-order valence-electron chi connectivity index (χ1n) is 15.0. The molecule has 4 heterocycles. The Morgan fingerprint density at radius 2 is 1.58 bits per heavy atom. The molecule has 4 aromatic heterocycles. The summed E-state index contributed by atoms with van der Waals surface area (Å²) < 4.78 is 59.2. The van der Waals surface area contributed by atoms with Crippen LogP contribution in [-0.2, 0) is 17.5 Å². The van der Waals surface area contributed by atoms with E-state index in [1.807, 2.05) is 60.7 Å². The fourth-order valence-corrected chi connectivity index (χ4v) is 9.25. The summed E-state index contributed by atoms with van der Waals surface area (Å²) >= 11 is 4.02. The van der Waals surface area contributed by atoms with Crippen molar-refractivity contribution in [3.05, 3.63) is 128 Å². The van der Waals surface area contributed by atoms with E-state index in [1.54, 1.807) is 28.0 Å². The molecule has 0 aliphatic carbocycles. The summed E-state index contributed by atoms with van der Waals surface area (Å²) in [5.41, 5.74) is 1.05. The van der Waals surface area contributed by atoms with Crippen molar-refractivity contribution in [2.45, 2.75) is 12.8 Å². The van der Waals surface area contributed by atoms with Crippen molar-refractivity contribution in [3.8, 4) is 10.4 Å². The maximum absolute atomic E-state index is 13.8. The van der Waals surface area contributed by atoms with Crippen molar-refractivity contribution >= 4 is 98.5 Å². The quantitative estimate of drug-likeness (QED) is 0.168. The molecule has 0 N–H and O–H groups in total. The summed E-state index contributed by atoms with van der Waals surface area (Å²) in [6.07, 6.45) is -5.18. The Morgan fingerprint density at radius 1 is 0.800 bits per heavy atom. The van der Waals surface area contributed by atoms with Gasteiger partial charge in [0.05, 0.1) is 43.4 Å². The van der Waals surface area contributed by atoms with Crippen LogP contribution < -0.4 is 16.2 Å². The molecule has 0 spiro atoms. The van der Waals surface area contributed by atoms with Gasteiger partial charge in [-0.1, -0.05) is 54.6 Å². The fourth-order valence-electron chi connectivity index (χ4n) is 6.19. The van der Waals surface area contributed by atoms with E-state index in [0.29, 0.717) is 28.2 Å². The average molecular weight is 723 g/mol. The van der Waals surface area contributed by atoms with Gasteiger partial charge in [0.2, 0.25) is 5.43 Å². The van der Waals surface area contributed by atoms with E-state index in [4.69, 9.17) is 4.74 Å². The second kappa shape index (κ2) is 11.2. The highest BCUT2D eigenvalue weighted by Crippen LogP contribution is 2.47. The number of thiophene rings is 2. The van der Waals surface area contributed by atoms with Crippen LogP contribution in [-0.4, -0.2) is 19.4 Å². The smallest absolute Gasteiger partial charge is 0.419 e. The van der Waals surface area contributed by atoms with Crippen molar-refractivity contribution in [1.29, 1.82) is 0 Å². The van der Waals surface area contributed by atoms with Crippen LogP contribution in [0, 0.1) is 0 Å². The first kappa shape index (κ1) is 30.5. The molecular weight excluding hydrogens is 706 g/mol. The fraction of sp³-hybridized carbons (Fsp3) is 0.0556. The van der Waals surface area contributed by atoms with Gasteiger partial charge in [-0.2, -0.15) is 21.9 Å². The van der Waals surface area contributed by atoms with Crippen LogP contribution in [0.5, 0.6) is 0 Å². The molecule has 0 amide bonds. The van der Waals surface area contributed by atoms with Gasteiger partial charge >= 0.3 is 12.3 Å². The zero-order chi connectivity index (χ0) is 34.3. The van der Waals surface area contributed by atoms with E-state index >= 15 is 0 Å². The van der Waals surface area contributed by atoms with Crippen LogP contribution >= 0.6 is 34.4 Å². The molecule has 0 fully saturated rings. The SMILES string of the molecule is O=C(OCc1ccccc1)n1c2cc(-c3ccc(/N=c4\c(=O)c(=O)c5cc(C(F)(F)F)ccc45)c4nsnc34)sc2c2sc3ccccc3c21. The first-order chi connectivity index (χ1) is 24.2. The molecule has 0 atom stereocenters. The lowest BCUT2D eigenvalue weighted by atomic mass is 10.1. The predicted octanol–water partition coefficient (Wildman–Crippen LogP) is 8.93. The zero-order valence-corrected chi connectivity index (χ0v) is 27.6. The van der Waals surface area contributed by atoms with E-state index in [0.717, 1.165) is 59.3 Å². The van der Waals surface area contributed by atoms with Gasteiger partial charge in [0.25, 0.3) is 5.43 Å². The number of aromatic nitrogens is 3. The molecular formula is C36H17F3N4O4S3. The van der Waals surface area contributed by atoms with Crippen LogP contribution in [0.2, 0.25) is 0 Å². The standard InChI is InChI=1S/C36H17F3N4O4S3/c37-36(38,39)18-10-11-19-22(14-18)31(44)32(45)28(19)40-23-13-12-20(27-29(23)42-50-41-27)26-15-24-33(49-26)34-30(21-8-4-5-9-25(21)48-34)43(24)35(46)47-16-17-6-2-1-3-7-17/h1-15H,16H2/b40-28-. The maximum Gasteiger partial charge on any atom is 0.419 e. The molecule has 0 saturated heterocycles. The molecule has 0 aliphatic heterocycles. The van der Waals surface area contributed by atoms with Crippen LogP contribution in [0.1, 0.15) is 11.1 Å². The van der Waals surface area contributed by atoms with Crippen LogP contribution in [0.3, 0.4) is 0 Å². The van der Waals surface area contributed by atoms with Gasteiger partial charge in [0.1, 0.15) is 23.0 Å². The van der Waals surface area contributed by atoms with E-state index in [-0.39, 0.29) is 28.4 Å². The zero-order valence-electron chi connectivity index (χ0n) is 25.1. The lowest BCUT2D eigenvalue weighted by Crippen LogP contribution is -2.30. The second-order valence-corrected chi connectivity index (χ2v) is 14.1. The number of fused-ring (bicyclic) bond motifs is 7. The van der Waals surface area contributed by atoms with Gasteiger partial charge in [-0.3, -0.25) is 9.59 Å². The minimum atomic E-state index is -4.67. The molecule has 0 saturated carbocycles. The molecule has 0 bridgehead atoms. The van der Waals surface area contributed by atoms with Crippen molar-refractivity contribution in [3.63, 3.8) is 0 Å². The van der Waals surface area contributed by atoms with Crippen molar-refractivity contribution < 1.29 is 22.7 Å². The molecule has 8 nitrogen and oxygen atoms in total. The third-order valence-electron chi connectivity index (χ3n) is 8.50. The summed E-state index contributed by atoms with van der Waals surface area (Å²) in [5.74, 6) is 0. The highest BCUT2D eigenvalue weighted by Gasteiger charge is 2.31. The van der Waals surface area contributed by atoms with Gasteiger partial charge in [0.15, 0.2) is 0 Å².